The van der Waals surface area contributed by atoms with E-state index < -0.39 is 25.0 Å². The van der Waals surface area contributed by atoms with E-state index in [2.05, 4.69) is 0 Å². The van der Waals surface area contributed by atoms with Crippen LogP contribution < -0.4 is 4.74 Å². The molecule has 0 amide bonds. The Bertz CT molecular complexity index is 1190. The Hall–Kier alpha value is -2.81. The lowest BCUT2D eigenvalue weighted by molar-refractivity contribution is -0.147. The first-order chi connectivity index (χ1) is 17.5. The third kappa shape index (κ3) is 6.40. The van der Waals surface area contributed by atoms with Crippen LogP contribution in [-0.2, 0) is 14.3 Å². The number of esters is 1. The maximum atomic E-state index is 12.8. The van der Waals surface area contributed by atoms with Crippen LogP contribution >= 0.6 is 23.4 Å². The summed E-state index contributed by atoms with van der Waals surface area (Å²) >= 11 is 7.65. The second kappa shape index (κ2) is 12.1. The molecule has 0 saturated carbocycles. The van der Waals surface area contributed by atoms with Crippen LogP contribution in [0.2, 0.25) is 5.02 Å². The number of ketones is 1. The highest BCUT2D eigenvalue weighted by Crippen LogP contribution is 2.35. The number of likely N-dealkylation sites (tertiary alicyclic amines) is 1. The summed E-state index contributed by atoms with van der Waals surface area (Å²) in [5, 5.41) is 9.58. The number of carboxylic acid groups (broad SMARTS) is 1. The van der Waals surface area contributed by atoms with Gasteiger partial charge in [0.15, 0.2) is 5.78 Å². The van der Waals surface area contributed by atoms with Crippen LogP contribution in [0.5, 0.6) is 5.75 Å². The van der Waals surface area contributed by atoms with E-state index in [0.29, 0.717) is 34.7 Å². The topological polar surface area (TPSA) is 93.1 Å². The number of methoxy groups -OCH3 is 2. The van der Waals surface area contributed by atoms with Crippen LogP contribution in [0.4, 0.5) is 0 Å². The van der Waals surface area contributed by atoms with E-state index in [1.54, 1.807) is 30.3 Å². The van der Waals surface area contributed by atoms with Crippen LogP contribution in [0.1, 0.15) is 32.5 Å². The standard InChI is InChI=1S/C25H26ClNO6S/c1-32-18-7-5-6-16(12-18)21(28)15-34-22-10-11-27(14-17(22)13-23(29)30)24(25(31)33-2)19-8-3-4-9-20(19)26/h3-9,12-13,22,24H,10-11,14-15H2,1-2H3,(H,29,30)/b17-13-/t22?,24-/m0/s1/i1+1D3. The minimum Gasteiger partial charge on any atom is -0.497 e. The molecule has 1 aliphatic heterocycles. The molecule has 0 bridgehead atoms. The number of hydrogen-bond acceptors (Lipinski definition) is 7. The number of benzene rings is 2. The quantitative estimate of drug-likeness (QED) is 0.233. The summed E-state index contributed by atoms with van der Waals surface area (Å²) in [6.45, 7) is 0.612. The van der Waals surface area contributed by atoms with Gasteiger partial charge in [0.1, 0.15) is 11.8 Å². The van der Waals surface area contributed by atoms with Crippen LogP contribution in [0, 0.1) is 0 Å². The second-order valence-electron chi connectivity index (χ2n) is 7.62. The lowest BCUT2D eigenvalue weighted by Crippen LogP contribution is -2.43. The summed E-state index contributed by atoms with van der Waals surface area (Å²) in [6.07, 6.45) is 1.59. The van der Waals surface area contributed by atoms with Crippen molar-refractivity contribution in [1.82, 2.24) is 4.90 Å². The third-order valence-electron chi connectivity index (χ3n) is 5.47. The van der Waals surface area contributed by atoms with Gasteiger partial charge in [0.25, 0.3) is 0 Å². The van der Waals surface area contributed by atoms with Crippen molar-refractivity contribution in [2.45, 2.75) is 17.7 Å². The minimum atomic E-state index is -2.63. The molecule has 180 valence electrons. The molecular weight excluding hydrogens is 479 g/mol. The normalized spacial score (nSPS) is 20.0. The molecule has 7 nitrogen and oxygen atoms in total. The predicted octanol–water partition coefficient (Wildman–Crippen LogP) is 4.26. The van der Waals surface area contributed by atoms with Crippen molar-refractivity contribution in [3.63, 3.8) is 0 Å². The van der Waals surface area contributed by atoms with Gasteiger partial charge in [-0.2, -0.15) is 0 Å². The summed E-state index contributed by atoms with van der Waals surface area (Å²) in [7, 11) is -1.35. The number of carbonyl (C=O) groups excluding carboxylic acids is 2. The number of halogens is 1. The SMILES string of the molecule is [2H][13C]([2H])([2H])Oc1cccc(C(=O)CSC2CCN([C@H](C(=O)OC)c3ccccc3Cl)C/C2=C/C(=O)O)c1. The maximum absolute atomic E-state index is 12.8. The van der Waals surface area contributed by atoms with Gasteiger partial charge < -0.3 is 14.6 Å². The average molecular weight is 508 g/mol. The fourth-order valence-corrected chi connectivity index (χ4v) is 5.25. The molecule has 3 rings (SSSR count). The van der Waals surface area contributed by atoms with Crippen LogP contribution in [-0.4, -0.2) is 66.0 Å². The lowest BCUT2D eigenvalue weighted by atomic mass is 9.98. The molecule has 0 aromatic heterocycles. The van der Waals surface area contributed by atoms with Crippen LogP contribution in [0.3, 0.4) is 0 Å². The number of carboxylic acids is 1. The number of Topliss-reactive ketones (excluding diaryl/α,β-unsaturated/α-hetero) is 1. The predicted molar refractivity (Wildman–Crippen MR) is 132 cm³/mol. The monoisotopic (exact) mass is 507 g/mol. The fourth-order valence-electron chi connectivity index (χ4n) is 3.87. The molecule has 9 heteroatoms. The van der Waals surface area contributed by atoms with Crippen molar-refractivity contribution in [2.24, 2.45) is 0 Å². The Morgan fingerprint density at radius 3 is 2.79 bits per heavy atom. The molecule has 1 N–H and O–H groups in total. The van der Waals surface area contributed by atoms with Crippen molar-refractivity contribution in [3.8, 4) is 5.75 Å². The Kier molecular flexibility index (Phi) is 7.70. The second-order valence-corrected chi connectivity index (χ2v) is 9.21. The largest absolute Gasteiger partial charge is 0.497 e. The molecule has 0 aliphatic carbocycles. The van der Waals surface area contributed by atoms with E-state index >= 15 is 0 Å². The van der Waals surface area contributed by atoms with Crippen molar-refractivity contribution < 1.29 is 33.1 Å². The van der Waals surface area contributed by atoms with Gasteiger partial charge in [-0.1, -0.05) is 41.9 Å². The van der Waals surface area contributed by atoms with E-state index in [1.807, 2.05) is 4.90 Å². The van der Waals surface area contributed by atoms with E-state index in [9.17, 15) is 19.5 Å². The molecule has 1 fully saturated rings. The average Bonchev–Trinajstić information content (AvgIpc) is 2.83. The van der Waals surface area contributed by atoms with Gasteiger partial charge in [-0.3, -0.25) is 9.69 Å². The molecule has 0 radical (unpaired) electrons. The van der Waals surface area contributed by atoms with Crippen LogP contribution in [0.25, 0.3) is 0 Å². The summed E-state index contributed by atoms with van der Waals surface area (Å²) in [6, 6.07) is 12.0. The molecule has 1 saturated heterocycles. The molecule has 1 aliphatic rings. The van der Waals surface area contributed by atoms with Crippen LogP contribution in [0.15, 0.2) is 60.2 Å². The van der Waals surface area contributed by atoms with E-state index in [4.69, 9.17) is 25.2 Å². The molecule has 1 unspecified atom stereocenters. The zero-order chi connectivity index (χ0) is 27.2. The van der Waals surface area contributed by atoms with Gasteiger partial charge >= 0.3 is 11.9 Å². The molecule has 34 heavy (non-hydrogen) atoms. The zero-order valence-corrected chi connectivity index (χ0v) is 20.0. The number of thioether (sulfide) groups is 1. The number of piperidine rings is 1. The molecule has 1 heterocycles. The van der Waals surface area contributed by atoms with E-state index in [1.165, 1.54) is 37.1 Å². The number of ether oxygens (including phenoxy) is 2. The van der Waals surface area contributed by atoms with Crippen molar-refractivity contribution >= 4 is 41.1 Å². The number of aliphatic carboxylic acids is 1. The van der Waals surface area contributed by atoms with Crippen molar-refractivity contribution in [2.75, 3.05) is 33.0 Å². The first-order valence-electron chi connectivity index (χ1n) is 11.9. The van der Waals surface area contributed by atoms with E-state index in [-0.39, 0.29) is 29.1 Å². The Morgan fingerprint density at radius 2 is 2.09 bits per heavy atom. The van der Waals surface area contributed by atoms with Gasteiger partial charge in [0, 0.05) is 35.0 Å². The highest BCUT2D eigenvalue weighted by Gasteiger charge is 2.35. The highest BCUT2D eigenvalue weighted by atomic mass is 35.5. The summed E-state index contributed by atoms with van der Waals surface area (Å²) in [5.74, 6) is -1.78. The summed E-state index contributed by atoms with van der Waals surface area (Å²) < 4.78 is 31.5. The smallest absolute Gasteiger partial charge is 0.328 e. The summed E-state index contributed by atoms with van der Waals surface area (Å²) in [5.41, 5.74) is 1.41. The van der Waals surface area contributed by atoms with Gasteiger partial charge in [-0.05, 0) is 35.8 Å². The molecular formula is C25H26ClNO6S. The zero-order valence-electron chi connectivity index (χ0n) is 21.4. The Labute approximate surface area is 211 Å². The van der Waals surface area contributed by atoms with E-state index in [0.717, 1.165) is 6.08 Å². The first-order valence-corrected chi connectivity index (χ1v) is 11.8. The number of hydrogen-bond donors (Lipinski definition) is 1. The fraction of sp³-hybridized carbons (Fsp3) is 0.320. The lowest BCUT2D eigenvalue weighted by Gasteiger charge is -2.38. The van der Waals surface area contributed by atoms with Crippen molar-refractivity contribution in [3.05, 3.63) is 76.3 Å². The van der Waals surface area contributed by atoms with Gasteiger partial charge in [0.2, 0.25) is 0 Å². The van der Waals surface area contributed by atoms with Gasteiger partial charge in [-0.25, -0.2) is 9.59 Å². The maximum Gasteiger partial charge on any atom is 0.328 e. The molecule has 2 aromatic rings. The Morgan fingerprint density at radius 1 is 1.29 bits per heavy atom. The third-order valence-corrected chi connectivity index (χ3v) is 7.18. The summed E-state index contributed by atoms with van der Waals surface area (Å²) in [4.78, 5) is 38.9. The number of nitrogens with zero attached hydrogens (tertiary/aromatic N) is 1. The highest BCUT2D eigenvalue weighted by molar-refractivity contribution is 8.00. The molecule has 2 aromatic carbocycles. The molecule has 2 atom stereocenters. The molecule has 0 spiro atoms. The minimum absolute atomic E-state index is 0.0454. The number of rotatable bonds is 9. The van der Waals surface area contributed by atoms with Gasteiger partial charge in [-0.15, -0.1) is 11.8 Å². The van der Waals surface area contributed by atoms with Gasteiger partial charge in [0.05, 0.1) is 24.0 Å². The van der Waals surface area contributed by atoms with Crippen molar-refractivity contribution in [1.29, 1.82) is 0 Å². The first kappa shape index (κ1) is 21.7. The Balaban J connectivity index is 1.75. The number of carbonyl (C=O) groups is 3.